The van der Waals surface area contributed by atoms with Gasteiger partial charge in [0, 0.05) is 36.4 Å². The molecule has 2 heterocycles. The minimum atomic E-state index is -4.60. The van der Waals surface area contributed by atoms with Crippen molar-refractivity contribution in [3.8, 4) is 11.3 Å². The number of aliphatic carboxylic acids is 1. The van der Waals surface area contributed by atoms with Crippen LogP contribution in [0.25, 0.3) is 11.3 Å². The Bertz CT molecular complexity index is 1620. The molecule has 0 radical (unpaired) electrons. The van der Waals surface area contributed by atoms with Crippen LogP contribution in [0.2, 0.25) is 5.02 Å². The number of nitrogens with one attached hydrogen (secondary N) is 1. The number of hydrogen-bond donors (Lipinski definition) is 2. The van der Waals surface area contributed by atoms with E-state index in [9.17, 15) is 30.8 Å². The molecule has 2 aromatic heterocycles. The lowest BCUT2D eigenvalue weighted by Gasteiger charge is -2.15. The minimum Gasteiger partial charge on any atom is -0.478 e. The lowest BCUT2D eigenvalue weighted by molar-refractivity contribution is -0.145. The molecule has 15 heteroatoms. The zero-order valence-electron chi connectivity index (χ0n) is 19.1. The Hall–Kier alpha value is -3.59. The molecular weight excluding hydrogens is 553 g/mol. The van der Waals surface area contributed by atoms with Gasteiger partial charge in [0.25, 0.3) is 10.0 Å². The van der Waals surface area contributed by atoms with Crippen molar-refractivity contribution < 1.29 is 40.7 Å². The predicted molar refractivity (Wildman–Crippen MR) is 129 cm³/mol. The summed E-state index contributed by atoms with van der Waals surface area (Å²) in [7, 11) is -7.02. The number of sulfone groups is 1. The highest BCUT2D eigenvalue weighted by Gasteiger charge is 2.31. The van der Waals surface area contributed by atoms with Crippen molar-refractivity contribution in [1.82, 2.24) is 14.3 Å². The maximum Gasteiger partial charge on any atom is 0.332 e. The molecule has 11 nitrogen and oxygen atoms in total. The Balaban J connectivity index is 2.25. The highest BCUT2D eigenvalue weighted by Crippen LogP contribution is 2.39. The largest absolute Gasteiger partial charge is 0.478 e. The van der Waals surface area contributed by atoms with Gasteiger partial charge in [0.05, 0.1) is 26.1 Å². The van der Waals surface area contributed by atoms with Gasteiger partial charge in [-0.2, -0.15) is 4.39 Å². The number of carboxylic acid groups (broad SMARTS) is 1. The molecule has 3 aromatic rings. The Morgan fingerprint density at radius 1 is 1.16 bits per heavy atom. The molecule has 0 spiro atoms. The first-order valence-electron chi connectivity index (χ1n) is 10.1. The van der Waals surface area contributed by atoms with Gasteiger partial charge >= 0.3 is 11.9 Å². The second kappa shape index (κ2) is 10.8. The van der Waals surface area contributed by atoms with E-state index in [2.05, 4.69) is 10.3 Å². The molecule has 0 saturated heterocycles. The Labute approximate surface area is 216 Å². The molecular formula is C22H19ClFN3O8S2. The number of benzene rings is 1. The zero-order chi connectivity index (χ0) is 27.5. The second-order valence-corrected chi connectivity index (χ2v) is 11.6. The van der Waals surface area contributed by atoms with E-state index in [0.717, 1.165) is 30.8 Å². The quantitative estimate of drug-likeness (QED) is 0.169. The summed E-state index contributed by atoms with van der Waals surface area (Å²) in [5.74, 6) is -3.56. The van der Waals surface area contributed by atoms with Crippen LogP contribution in [0.4, 0.5) is 4.39 Å². The van der Waals surface area contributed by atoms with Crippen LogP contribution < -0.4 is 5.32 Å². The van der Waals surface area contributed by atoms with Gasteiger partial charge in [-0.25, -0.2) is 35.4 Å². The summed E-state index contributed by atoms with van der Waals surface area (Å²) in [6.45, 7) is 0. The molecule has 37 heavy (non-hydrogen) atoms. The monoisotopic (exact) mass is 571 g/mol. The van der Waals surface area contributed by atoms with Gasteiger partial charge in [0.2, 0.25) is 5.95 Å². The molecule has 0 fully saturated rings. The highest BCUT2D eigenvalue weighted by molar-refractivity contribution is 7.91. The van der Waals surface area contributed by atoms with Crippen LogP contribution >= 0.6 is 11.6 Å². The van der Waals surface area contributed by atoms with E-state index in [1.54, 1.807) is 0 Å². The number of nitrogens with zero attached hydrogens (tertiary/aromatic N) is 2. The fraction of sp³-hybridized carbons (Fsp3) is 0.136. The van der Waals surface area contributed by atoms with Crippen LogP contribution in [-0.2, 0) is 34.2 Å². The fourth-order valence-corrected chi connectivity index (χ4v) is 5.77. The average molecular weight is 572 g/mol. The van der Waals surface area contributed by atoms with Crippen molar-refractivity contribution in [3.63, 3.8) is 0 Å². The lowest BCUT2D eigenvalue weighted by atomic mass is 10.2. The zero-order valence-corrected chi connectivity index (χ0v) is 21.5. The molecule has 2 N–H and O–H groups in total. The van der Waals surface area contributed by atoms with Gasteiger partial charge in [-0.1, -0.05) is 17.7 Å². The maximum absolute atomic E-state index is 14.7. The smallest absolute Gasteiger partial charge is 0.332 e. The number of ether oxygens (including phenoxy) is 1. The van der Waals surface area contributed by atoms with Crippen molar-refractivity contribution in [1.29, 1.82) is 0 Å². The number of halogens is 2. The number of hydrogen-bond acceptors (Lipinski definition) is 9. The summed E-state index contributed by atoms with van der Waals surface area (Å²) in [6.07, 6.45) is 2.80. The SMILES string of the molecule is CNC(OC(=O)/C=C/C(=O)O)c1cn(S(=O)(=O)c2cccc(S(C)(=O)=O)c2)c(-c2cccnc2F)c1Cl. The number of esters is 1. The molecule has 3 rings (SSSR count). The van der Waals surface area contributed by atoms with Gasteiger partial charge in [0.1, 0.15) is 0 Å². The third-order valence-electron chi connectivity index (χ3n) is 4.88. The summed E-state index contributed by atoms with van der Waals surface area (Å²) in [4.78, 5) is 25.5. The molecule has 0 saturated carbocycles. The minimum absolute atomic E-state index is 0.123. The van der Waals surface area contributed by atoms with Crippen LogP contribution in [0.3, 0.4) is 0 Å². The summed E-state index contributed by atoms with van der Waals surface area (Å²) >= 11 is 6.50. The van der Waals surface area contributed by atoms with Gasteiger partial charge in [0.15, 0.2) is 16.1 Å². The lowest BCUT2D eigenvalue weighted by Crippen LogP contribution is -2.22. The fourth-order valence-electron chi connectivity index (χ4n) is 3.20. The Morgan fingerprint density at radius 2 is 1.84 bits per heavy atom. The Morgan fingerprint density at radius 3 is 2.43 bits per heavy atom. The van der Waals surface area contributed by atoms with E-state index < -0.39 is 48.9 Å². The normalized spacial score (nSPS) is 13.0. The van der Waals surface area contributed by atoms with E-state index in [-0.39, 0.29) is 26.7 Å². The summed E-state index contributed by atoms with van der Waals surface area (Å²) in [5.41, 5.74) is -0.805. The second-order valence-electron chi connectivity index (χ2n) is 7.41. The maximum atomic E-state index is 14.7. The molecule has 0 aliphatic rings. The molecule has 1 atom stereocenters. The first kappa shape index (κ1) is 28.0. The van der Waals surface area contributed by atoms with Crippen molar-refractivity contribution in [3.05, 3.63) is 77.5 Å². The topological polar surface area (TPSA) is 162 Å². The van der Waals surface area contributed by atoms with E-state index >= 15 is 0 Å². The van der Waals surface area contributed by atoms with Crippen LogP contribution in [0.1, 0.15) is 11.8 Å². The van der Waals surface area contributed by atoms with Crippen LogP contribution in [0, 0.1) is 5.95 Å². The predicted octanol–water partition coefficient (Wildman–Crippen LogP) is 2.39. The van der Waals surface area contributed by atoms with Gasteiger partial charge in [-0.3, -0.25) is 5.32 Å². The molecule has 1 unspecified atom stereocenters. The van der Waals surface area contributed by atoms with E-state index in [0.29, 0.717) is 16.1 Å². The first-order valence-corrected chi connectivity index (χ1v) is 13.8. The molecule has 196 valence electrons. The van der Waals surface area contributed by atoms with Gasteiger partial charge in [-0.15, -0.1) is 0 Å². The third kappa shape index (κ3) is 6.05. The molecule has 0 bridgehead atoms. The van der Waals surface area contributed by atoms with Crippen molar-refractivity contribution in [2.45, 2.75) is 16.0 Å². The van der Waals surface area contributed by atoms with Crippen LogP contribution in [-0.4, -0.2) is 56.1 Å². The number of aromatic nitrogens is 2. The average Bonchev–Trinajstić information content (AvgIpc) is 3.18. The molecule has 0 amide bonds. The molecule has 0 aliphatic heterocycles. The van der Waals surface area contributed by atoms with Crippen molar-refractivity contribution >= 4 is 43.4 Å². The number of carbonyl (C=O) groups is 2. The Kier molecular flexibility index (Phi) is 8.17. The van der Waals surface area contributed by atoms with E-state index in [1.807, 2.05) is 0 Å². The number of rotatable bonds is 9. The standard InChI is InChI=1S/C22H19ClFN3O8S2/c1-25-22(35-18(30)9-8-17(28)29)16-12-27(20(19(16)23)15-7-4-10-26-21(15)24)37(33,34)14-6-3-5-13(11-14)36(2,31)32/h3-12,22,25H,1-2H3,(H,28,29)/b9-8+. The number of carboxylic acids is 1. The summed E-state index contributed by atoms with van der Waals surface area (Å²) in [6, 6.07) is 7.09. The van der Waals surface area contributed by atoms with E-state index in [1.165, 1.54) is 31.3 Å². The van der Waals surface area contributed by atoms with Crippen LogP contribution in [0.15, 0.2) is 70.7 Å². The summed E-state index contributed by atoms with van der Waals surface area (Å²) in [5, 5.41) is 11.0. The first-order chi connectivity index (χ1) is 17.3. The van der Waals surface area contributed by atoms with Crippen molar-refractivity contribution in [2.24, 2.45) is 0 Å². The van der Waals surface area contributed by atoms with Crippen LogP contribution in [0.5, 0.6) is 0 Å². The highest BCUT2D eigenvalue weighted by atomic mass is 35.5. The number of carbonyl (C=O) groups excluding carboxylic acids is 1. The molecule has 0 aliphatic carbocycles. The molecule has 1 aromatic carbocycles. The summed E-state index contributed by atoms with van der Waals surface area (Å²) < 4.78 is 71.8. The van der Waals surface area contributed by atoms with E-state index in [4.69, 9.17) is 21.4 Å². The van der Waals surface area contributed by atoms with Gasteiger partial charge < -0.3 is 9.84 Å². The third-order valence-corrected chi connectivity index (χ3v) is 8.05. The van der Waals surface area contributed by atoms with Crippen molar-refractivity contribution in [2.75, 3.05) is 13.3 Å². The number of pyridine rings is 1. The van der Waals surface area contributed by atoms with Gasteiger partial charge in [-0.05, 0) is 37.4 Å².